The first-order chi connectivity index (χ1) is 12.6. The molecule has 0 amide bonds. The van der Waals surface area contributed by atoms with Gasteiger partial charge in [-0.2, -0.15) is 0 Å². The number of hydrogen-bond donors (Lipinski definition) is 3. The van der Waals surface area contributed by atoms with Gasteiger partial charge in [0.05, 0.1) is 11.2 Å². The largest absolute Gasteiger partial charge is 0.457 e. The molecule has 5 heteroatoms. The Balaban J connectivity index is 1.90. The fourth-order valence-corrected chi connectivity index (χ4v) is 7.06. The van der Waals surface area contributed by atoms with Gasteiger partial charge in [0.25, 0.3) is 0 Å². The molecule has 1 spiro atoms. The van der Waals surface area contributed by atoms with Gasteiger partial charge in [-0.05, 0) is 90.1 Å². The summed E-state index contributed by atoms with van der Waals surface area (Å²) < 4.78 is 5.87. The van der Waals surface area contributed by atoms with Crippen LogP contribution in [0.3, 0.4) is 0 Å². The molecule has 4 aliphatic rings. The molecule has 152 valence electrons. The lowest BCUT2D eigenvalue weighted by Gasteiger charge is -2.59. The van der Waals surface area contributed by atoms with Gasteiger partial charge >= 0.3 is 5.97 Å². The summed E-state index contributed by atoms with van der Waals surface area (Å²) in [6, 6.07) is 0. The van der Waals surface area contributed by atoms with Crippen LogP contribution in [0.1, 0.15) is 59.8 Å². The van der Waals surface area contributed by atoms with E-state index in [-0.39, 0.29) is 23.2 Å². The Morgan fingerprint density at radius 3 is 2.78 bits per heavy atom. The van der Waals surface area contributed by atoms with E-state index < -0.39 is 11.2 Å². The molecule has 0 unspecified atom stereocenters. The second-order valence-corrected chi connectivity index (χ2v) is 10.5. The van der Waals surface area contributed by atoms with Crippen molar-refractivity contribution in [1.82, 2.24) is 10.6 Å². The van der Waals surface area contributed by atoms with E-state index in [9.17, 15) is 9.90 Å². The van der Waals surface area contributed by atoms with Crippen LogP contribution in [0.2, 0.25) is 0 Å². The van der Waals surface area contributed by atoms with Crippen LogP contribution in [0.5, 0.6) is 0 Å². The zero-order chi connectivity index (χ0) is 19.6. The minimum atomic E-state index is -0.703. The van der Waals surface area contributed by atoms with Crippen molar-refractivity contribution in [2.45, 2.75) is 71.0 Å². The molecule has 3 fully saturated rings. The molecule has 0 radical (unpaired) electrons. The van der Waals surface area contributed by atoms with Crippen LogP contribution in [-0.4, -0.2) is 42.4 Å². The molecular formula is C22H36N2O3. The summed E-state index contributed by atoms with van der Waals surface area (Å²) in [5.74, 6) is 0.866. The summed E-state index contributed by atoms with van der Waals surface area (Å²) in [5, 5.41) is 19.1. The van der Waals surface area contributed by atoms with E-state index in [0.717, 1.165) is 56.5 Å². The van der Waals surface area contributed by atoms with Gasteiger partial charge in [0.1, 0.15) is 5.60 Å². The maximum absolute atomic E-state index is 13.3. The summed E-state index contributed by atoms with van der Waals surface area (Å²) in [4.78, 5) is 13.3. The lowest BCUT2D eigenvalue weighted by Crippen LogP contribution is -2.64. The first kappa shape index (κ1) is 19.3. The van der Waals surface area contributed by atoms with Gasteiger partial charge in [-0.25, -0.2) is 4.79 Å². The molecule has 4 bridgehead atoms. The van der Waals surface area contributed by atoms with Gasteiger partial charge in [0.15, 0.2) is 0 Å². The fourth-order valence-electron chi connectivity index (χ4n) is 7.06. The zero-order valence-corrected chi connectivity index (χ0v) is 17.5. The average molecular weight is 377 g/mol. The number of carbonyl (C=O) groups is 1. The number of hydrogen-bond acceptors (Lipinski definition) is 5. The molecule has 0 aromatic rings. The van der Waals surface area contributed by atoms with E-state index in [1.54, 1.807) is 0 Å². The standard InChI is InChI=1S/C22H36N2O3/c1-13-9-15-16-10-14(12-23-5)21(22(16,26)11-13)7-6-8-24-18(21)17(15)19(25)27-20(2,3)4/h13-16,23-24,26H,6-12H2,1-5H3/t13-,14-,15-,16-,21+,22-/m1/s1. The van der Waals surface area contributed by atoms with Crippen LogP contribution in [-0.2, 0) is 9.53 Å². The highest BCUT2D eigenvalue weighted by atomic mass is 16.6. The van der Waals surface area contributed by atoms with E-state index in [4.69, 9.17) is 4.74 Å². The number of carbonyl (C=O) groups excluding carboxylic acids is 1. The Kier molecular flexibility index (Phi) is 4.43. The van der Waals surface area contributed by atoms with Gasteiger partial charge in [0.2, 0.25) is 0 Å². The Morgan fingerprint density at radius 1 is 1.37 bits per heavy atom. The molecule has 0 aromatic carbocycles. The fraction of sp³-hybridized carbons (Fsp3) is 0.864. The van der Waals surface area contributed by atoms with Crippen molar-refractivity contribution in [3.63, 3.8) is 0 Å². The van der Waals surface area contributed by atoms with Crippen LogP contribution in [0.4, 0.5) is 0 Å². The second-order valence-electron chi connectivity index (χ2n) is 10.5. The predicted octanol–water partition coefficient (Wildman–Crippen LogP) is 2.60. The second kappa shape index (κ2) is 6.21. The molecule has 1 aliphatic heterocycles. The van der Waals surface area contributed by atoms with Gasteiger partial charge in [-0.3, -0.25) is 0 Å². The summed E-state index contributed by atoms with van der Waals surface area (Å²) in [6.45, 7) is 9.78. The van der Waals surface area contributed by atoms with Gasteiger partial charge in [-0.15, -0.1) is 0 Å². The molecule has 1 saturated heterocycles. The molecule has 27 heavy (non-hydrogen) atoms. The summed E-state index contributed by atoms with van der Waals surface area (Å²) in [5.41, 5.74) is 0.326. The first-order valence-electron chi connectivity index (χ1n) is 10.7. The minimum absolute atomic E-state index is 0.101. The molecule has 4 rings (SSSR count). The van der Waals surface area contributed by atoms with E-state index in [2.05, 4.69) is 17.6 Å². The molecule has 1 heterocycles. The first-order valence-corrected chi connectivity index (χ1v) is 10.7. The van der Waals surface area contributed by atoms with Crippen LogP contribution in [0, 0.1) is 29.1 Å². The van der Waals surface area contributed by atoms with Crippen molar-refractivity contribution in [2.24, 2.45) is 29.1 Å². The number of piperidine rings is 1. The average Bonchev–Trinajstić information content (AvgIpc) is 2.69. The van der Waals surface area contributed by atoms with Crippen molar-refractivity contribution >= 4 is 5.97 Å². The number of aliphatic hydroxyl groups is 1. The highest BCUT2D eigenvalue weighted by Crippen LogP contribution is 2.71. The minimum Gasteiger partial charge on any atom is -0.457 e. The molecule has 3 N–H and O–H groups in total. The summed E-state index contributed by atoms with van der Waals surface area (Å²) in [7, 11) is 1.99. The molecular weight excluding hydrogens is 340 g/mol. The van der Waals surface area contributed by atoms with Crippen molar-refractivity contribution in [3.05, 3.63) is 11.3 Å². The van der Waals surface area contributed by atoms with E-state index in [1.165, 1.54) is 0 Å². The topological polar surface area (TPSA) is 70.6 Å². The van der Waals surface area contributed by atoms with E-state index in [0.29, 0.717) is 11.8 Å². The third kappa shape index (κ3) is 2.61. The predicted molar refractivity (Wildman–Crippen MR) is 105 cm³/mol. The number of rotatable bonds is 3. The zero-order valence-electron chi connectivity index (χ0n) is 17.5. The van der Waals surface area contributed by atoms with Crippen LogP contribution < -0.4 is 10.6 Å². The Bertz CT molecular complexity index is 667. The quantitative estimate of drug-likeness (QED) is 0.661. The molecule has 3 aliphatic carbocycles. The Labute approximate surface area is 163 Å². The monoisotopic (exact) mass is 376 g/mol. The Morgan fingerprint density at radius 2 is 2.11 bits per heavy atom. The van der Waals surface area contributed by atoms with Gasteiger partial charge < -0.3 is 20.5 Å². The third-order valence-electron chi connectivity index (χ3n) is 7.63. The van der Waals surface area contributed by atoms with Gasteiger partial charge in [0, 0.05) is 17.7 Å². The lowest BCUT2D eigenvalue weighted by molar-refractivity contribution is -0.164. The number of nitrogens with one attached hydrogen (secondary N) is 2. The van der Waals surface area contributed by atoms with Crippen molar-refractivity contribution in [2.75, 3.05) is 20.1 Å². The summed E-state index contributed by atoms with van der Waals surface area (Å²) in [6.07, 6.45) is 4.81. The van der Waals surface area contributed by atoms with Crippen molar-refractivity contribution in [1.29, 1.82) is 0 Å². The van der Waals surface area contributed by atoms with Crippen molar-refractivity contribution in [3.8, 4) is 0 Å². The maximum Gasteiger partial charge on any atom is 0.336 e. The number of esters is 1. The van der Waals surface area contributed by atoms with Crippen LogP contribution in [0.15, 0.2) is 11.3 Å². The van der Waals surface area contributed by atoms with Crippen LogP contribution in [0.25, 0.3) is 0 Å². The highest BCUT2D eigenvalue weighted by molar-refractivity contribution is 5.91. The highest BCUT2D eigenvalue weighted by Gasteiger charge is 2.72. The number of ether oxygens (including phenoxy) is 1. The SMILES string of the molecule is CNC[C@H]1C[C@@H]2[C@H]3C[C@@H](C)C[C@]2(O)[C@@]12CCCNC2=C3C(=O)OC(C)(C)C. The molecule has 2 saturated carbocycles. The Hall–Kier alpha value is -1.07. The van der Waals surface area contributed by atoms with Crippen LogP contribution >= 0.6 is 0 Å². The normalized spacial score (nSPS) is 43.2. The summed E-state index contributed by atoms with van der Waals surface area (Å²) >= 11 is 0. The smallest absolute Gasteiger partial charge is 0.336 e. The van der Waals surface area contributed by atoms with Gasteiger partial charge in [-0.1, -0.05) is 6.92 Å². The molecule has 5 nitrogen and oxygen atoms in total. The molecule has 6 atom stereocenters. The third-order valence-corrected chi connectivity index (χ3v) is 7.63. The molecule has 0 aromatic heterocycles. The van der Waals surface area contributed by atoms with E-state index >= 15 is 0 Å². The maximum atomic E-state index is 13.3. The lowest BCUT2D eigenvalue weighted by atomic mass is 9.50. The van der Waals surface area contributed by atoms with E-state index in [1.807, 2.05) is 27.8 Å². The van der Waals surface area contributed by atoms with Crippen molar-refractivity contribution < 1.29 is 14.6 Å².